The predicted molar refractivity (Wildman–Crippen MR) is 113 cm³/mol. The number of fused-ring (bicyclic) bond motifs is 2. The average molecular weight is 407 g/mol. The summed E-state index contributed by atoms with van der Waals surface area (Å²) >= 11 is 0. The van der Waals surface area contributed by atoms with Crippen molar-refractivity contribution in [2.45, 2.75) is 19.4 Å². The molecule has 2 aliphatic heterocycles. The van der Waals surface area contributed by atoms with Crippen LogP contribution in [-0.4, -0.2) is 66.9 Å². The average Bonchev–Trinajstić information content (AvgIpc) is 3.01. The van der Waals surface area contributed by atoms with Crippen molar-refractivity contribution in [1.82, 2.24) is 9.80 Å². The van der Waals surface area contributed by atoms with Gasteiger partial charge in [0.05, 0.1) is 29.9 Å². The summed E-state index contributed by atoms with van der Waals surface area (Å²) < 4.78 is 6.08. The van der Waals surface area contributed by atoms with Crippen molar-refractivity contribution in [2.75, 3.05) is 38.1 Å². The lowest BCUT2D eigenvalue weighted by Gasteiger charge is -2.37. The van der Waals surface area contributed by atoms with E-state index in [0.29, 0.717) is 24.2 Å². The smallest absolute Gasteiger partial charge is 0.261 e. The molecule has 0 spiro atoms. The van der Waals surface area contributed by atoms with Crippen LogP contribution in [0, 0.1) is 0 Å². The van der Waals surface area contributed by atoms with E-state index in [4.69, 9.17) is 4.74 Å². The van der Waals surface area contributed by atoms with Crippen LogP contribution in [0.3, 0.4) is 0 Å². The highest BCUT2D eigenvalue weighted by Gasteiger charge is 2.35. The number of rotatable bonds is 6. The molecule has 3 amide bonds. The zero-order valence-electron chi connectivity index (χ0n) is 17.2. The number of amides is 3. The van der Waals surface area contributed by atoms with Crippen LogP contribution in [0.4, 0.5) is 5.69 Å². The van der Waals surface area contributed by atoms with Gasteiger partial charge in [0.25, 0.3) is 11.8 Å². The van der Waals surface area contributed by atoms with Crippen molar-refractivity contribution in [2.24, 2.45) is 0 Å². The van der Waals surface area contributed by atoms with Crippen LogP contribution in [-0.2, 0) is 4.79 Å². The van der Waals surface area contributed by atoms with E-state index in [-0.39, 0.29) is 36.8 Å². The minimum Gasteiger partial charge on any atom is -0.485 e. The van der Waals surface area contributed by atoms with Crippen molar-refractivity contribution in [3.8, 4) is 5.75 Å². The Bertz CT molecular complexity index is 955. The van der Waals surface area contributed by atoms with Gasteiger partial charge in [-0.2, -0.15) is 0 Å². The van der Waals surface area contributed by atoms with Gasteiger partial charge in [-0.1, -0.05) is 24.3 Å². The fourth-order valence-corrected chi connectivity index (χ4v) is 4.02. The summed E-state index contributed by atoms with van der Waals surface area (Å²) in [5.41, 5.74) is 1.87. The molecule has 30 heavy (non-hydrogen) atoms. The second-order valence-electron chi connectivity index (χ2n) is 7.58. The van der Waals surface area contributed by atoms with E-state index in [0.717, 1.165) is 22.9 Å². The summed E-state index contributed by atoms with van der Waals surface area (Å²) in [6, 6.07) is 14.6. The van der Waals surface area contributed by atoms with Crippen molar-refractivity contribution in [3.63, 3.8) is 0 Å². The van der Waals surface area contributed by atoms with Crippen LogP contribution in [0.2, 0.25) is 0 Å². The zero-order chi connectivity index (χ0) is 21.3. The maximum atomic E-state index is 12.7. The molecule has 0 N–H and O–H groups in total. The van der Waals surface area contributed by atoms with E-state index in [1.807, 2.05) is 24.3 Å². The first kappa shape index (κ1) is 19.9. The third-order valence-electron chi connectivity index (χ3n) is 5.64. The third kappa shape index (κ3) is 3.63. The Morgan fingerprint density at radius 2 is 1.70 bits per heavy atom. The van der Waals surface area contributed by atoms with Gasteiger partial charge in [-0.15, -0.1) is 0 Å². The summed E-state index contributed by atoms with van der Waals surface area (Å²) in [6.07, 6.45) is -0.0592. The van der Waals surface area contributed by atoms with Crippen molar-refractivity contribution < 1.29 is 19.1 Å². The first-order valence-corrected chi connectivity index (χ1v) is 10.2. The highest BCUT2D eigenvalue weighted by atomic mass is 16.5. The number of imide groups is 1. The quantitative estimate of drug-likeness (QED) is 0.688. The maximum Gasteiger partial charge on any atom is 0.261 e. The van der Waals surface area contributed by atoms with Gasteiger partial charge in [0, 0.05) is 26.6 Å². The Morgan fingerprint density at radius 1 is 1.07 bits per heavy atom. The lowest BCUT2D eigenvalue weighted by Crippen LogP contribution is -2.47. The van der Waals surface area contributed by atoms with Gasteiger partial charge in [-0.25, -0.2) is 0 Å². The largest absolute Gasteiger partial charge is 0.485 e. The first-order chi connectivity index (χ1) is 14.5. The van der Waals surface area contributed by atoms with Crippen molar-refractivity contribution in [3.05, 3.63) is 59.7 Å². The Hall–Kier alpha value is -3.35. The number of para-hydroxylation sites is 2. The number of carbonyl (C=O) groups is 3. The number of carbonyl (C=O) groups excluding carboxylic acids is 3. The van der Waals surface area contributed by atoms with Crippen LogP contribution < -0.4 is 9.64 Å². The van der Waals surface area contributed by atoms with Gasteiger partial charge >= 0.3 is 0 Å². The van der Waals surface area contributed by atoms with Gasteiger partial charge in [0.15, 0.2) is 0 Å². The third-order valence-corrected chi connectivity index (χ3v) is 5.64. The number of benzene rings is 2. The Morgan fingerprint density at radius 3 is 2.37 bits per heavy atom. The van der Waals surface area contributed by atoms with Crippen molar-refractivity contribution >= 4 is 23.4 Å². The van der Waals surface area contributed by atoms with E-state index in [1.54, 1.807) is 36.2 Å². The molecule has 2 aromatic rings. The fraction of sp³-hybridized carbons (Fsp3) is 0.348. The lowest BCUT2D eigenvalue weighted by atomic mass is 10.1. The summed E-state index contributed by atoms with van der Waals surface area (Å²) in [5, 5.41) is 0. The highest BCUT2D eigenvalue weighted by Crippen LogP contribution is 2.33. The lowest BCUT2D eigenvalue weighted by molar-refractivity contribution is -0.131. The van der Waals surface area contributed by atoms with Gasteiger partial charge < -0.3 is 14.5 Å². The molecular formula is C23H25N3O4. The van der Waals surface area contributed by atoms with Crippen LogP contribution in [0.15, 0.2) is 48.5 Å². The molecule has 0 saturated heterocycles. The molecular weight excluding hydrogens is 382 g/mol. The van der Waals surface area contributed by atoms with Gasteiger partial charge in [-0.3, -0.25) is 19.3 Å². The van der Waals surface area contributed by atoms with Crippen molar-refractivity contribution in [1.29, 1.82) is 0 Å². The molecule has 4 rings (SSSR count). The highest BCUT2D eigenvalue weighted by molar-refractivity contribution is 6.21. The molecule has 2 heterocycles. The summed E-state index contributed by atoms with van der Waals surface area (Å²) in [4.78, 5) is 42.6. The molecule has 1 atom stereocenters. The molecule has 0 aliphatic carbocycles. The second-order valence-corrected chi connectivity index (χ2v) is 7.58. The minimum atomic E-state index is -0.336. The number of anilines is 1. The minimum absolute atomic E-state index is 0.0744. The Kier molecular flexibility index (Phi) is 5.44. The molecule has 0 radical (unpaired) electrons. The van der Waals surface area contributed by atoms with Crippen LogP contribution in [0.1, 0.15) is 34.1 Å². The van der Waals surface area contributed by atoms with E-state index in [2.05, 4.69) is 11.8 Å². The topological polar surface area (TPSA) is 70.2 Å². The molecule has 2 aliphatic rings. The number of ether oxygens (including phenoxy) is 1. The summed E-state index contributed by atoms with van der Waals surface area (Å²) in [6.45, 7) is 4.16. The van der Waals surface area contributed by atoms with E-state index < -0.39 is 0 Å². The number of nitrogens with zero attached hydrogens (tertiary/aromatic N) is 3. The first-order valence-electron chi connectivity index (χ1n) is 10.2. The second kappa shape index (κ2) is 8.18. The zero-order valence-corrected chi connectivity index (χ0v) is 17.2. The van der Waals surface area contributed by atoms with Crippen LogP contribution in [0.25, 0.3) is 0 Å². The van der Waals surface area contributed by atoms with Crippen LogP contribution in [0.5, 0.6) is 5.75 Å². The van der Waals surface area contributed by atoms with Gasteiger partial charge in [-0.05, 0) is 31.2 Å². The van der Waals surface area contributed by atoms with Gasteiger partial charge in [0.1, 0.15) is 11.9 Å². The molecule has 7 nitrogen and oxygen atoms in total. The van der Waals surface area contributed by atoms with Gasteiger partial charge in [0.2, 0.25) is 5.91 Å². The molecule has 156 valence electrons. The van der Waals surface area contributed by atoms with E-state index in [1.165, 1.54) is 0 Å². The molecule has 0 aromatic heterocycles. The normalized spacial score (nSPS) is 17.5. The molecule has 0 bridgehead atoms. The number of hydrogen-bond donors (Lipinski definition) is 0. The van der Waals surface area contributed by atoms with Crippen LogP contribution >= 0.6 is 0 Å². The number of hydrogen-bond acceptors (Lipinski definition) is 5. The predicted octanol–water partition coefficient (Wildman–Crippen LogP) is 2.42. The summed E-state index contributed by atoms with van der Waals surface area (Å²) in [5.74, 6) is 0.0215. The van der Waals surface area contributed by atoms with E-state index >= 15 is 0 Å². The molecule has 0 fully saturated rings. The molecule has 2 aromatic carbocycles. The summed E-state index contributed by atoms with van der Waals surface area (Å²) in [7, 11) is 1.73. The standard InChI is InChI=1S/C23H25N3O4/c1-3-25-15-16(30-20-11-7-6-10-19(20)25)14-24(2)21(27)12-13-26-22(28)17-8-4-5-9-18(17)23(26)29/h4-11,16H,3,12-15H2,1-2H3/t16-/m1/s1. The Balaban J connectivity index is 1.34. The molecule has 7 heteroatoms. The molecule has 0 unspecified atom stereocenters. The SMILES string of the molecule is CCN1C[C@@H](CN(C)C(=O)CCN2C(=O)c3ccccc3C2=O)Oc2ccccc21. The van der Waals surface area contributed by atoms with E-state index in [9.17, 15) is 14.4 Å². The fourth-order valence-electron chi connectivity index (χ4n) is 4.02. The molecule has 0 saturated carbocycles. The maximum absolute atomic E-state index is 12.7. The Labute approximate surface area is 175 Å². The number of likely N-dealkylation sites (N-methyl/N-ethyl adjacent to an activating group) is 2. The monoisotopic (exact) mass is 407 g/mol.